The molecule has 0 aliphatic heterocycles. The average molecular weight is 887 g/mol. The molecule has 65 heavy (non-hydrogen) atoms. The Hall–Kier alpha value is -3.82. The van der Waals surface area contributed by atoms with Gasteiger partial charge < -0.3 is 9.80 Å². The third-order valence-electron chi connectivity index (χ3n) is 17.8. The first-order chi connectivity index (χ1) is 30.0. The number of thiophene rings is 1. The van der Waals surface area contributed by atoms with Crippen LogP contribution in [-0.4, -0.2) is 0 Å². The van der Waals surface area contributed by atoms with E-state index in [4.69, 9.17) is 0 Å². The molecule has 4 aliphatic rings. The number of fused-ring (bicyclic) bond motifs is 4. The van der Waals surface area contributed by atoms with Gasteiger partial charge in [0.2, 0.25) is 0 Å². The zero-order chi connectivity index (χ0) is 47.2. The molecule has 1 aromatic heterocycles. The molecule has 2 nitrogen and oxygen atoms in total. The van der Waals surface area contributed by atoms with E-state index < -0.39 is 0 Å². The van der Waals surface area contributed by atoms with Gasteiger partial charge in [0.25, 0.3) is 0 Å². The maximum absolute atomic E-state index is 2.71. The van der Waals surface area contributed by atoms with Crippen molar-refractivity contribution in [1.29, 1.82) is 0 Å². The fourth-order valence-corrected chi connectivity index (χ4v) is 14.1. The molecule has 4 aliphatic carbocycles. The highest BCUT2D eigenvalue weighted by Crippen LogP contribution is 2.58. The summed E-state index contributed by atoms with van der Waals surface area (Å²) in [6, 6.07) is 27.6. The topological polar surface area (TPSA) is 6.48 Å². The number of rotatable bonds is 6. The molecule has 0 spiro atoms. The third-order valence-corrected chi connectivity index (χ3v) is 19.2. The number of hydrogen-bond acceptors (Lipinski definition) is 3. The van der Waals surface area contributed by atoms with Crippen molar-refractivity contribution < 1.29 is 0 Å². The van der Waals surface area contributed by atoms with Crippen LogP contribution < -0.4 is 9.80 Å². The maximum Gasteiger partial charge on any atom is 0.0609 e. The van der Waals surface area contributed by atoms with Crippen LogP contribution in [0, 0.1) is 13.8 Å². The molecule has 0 radical (unpaired) electrons. The Kier molecular flexibility index (Phi) is 10.6. The lowest BCUT2D eigenvalue weighted by atomic mass is 9.62. The minimum Gasteiger partial charge on any atom is -0.310 e. The number of aryl methyl sites for hydroxylation is 2. The summed E-state index contributed by atoms with van der Waals surface area (Å²) < 4.78 is 0. The smallest absolute Gasteiger partial charge is 0.0609 e. The molecule has 0 unspecified atom stereocenters. The van der Waals surface area contributed by atoms with E-state index in [0.717, 1.165) is 0 Å². The number of anilines is 6. The fraction of sp³-hybridized carbons (Fsp3) is 0.548. The third kappa shape index (κ3) is 7.65. The van der Waals surface area contributed by atoms with Gasteiger partial charge in [0.15, 0.2) is 0 Å². The number of benzene rings is 4. The Bertz CT molecular complexity index is 2630. The van der Waals surface area contributed by atoms with Crippen LogP contribution in [0.3, 0.4) is 0 Å². The molecule has 5 aromatic rings. The van der Waals surface area contributed by atoms with E-state index in [1.165, 1.54) is 136 Å². The Morgan fingerprint density at radius 3 is 1.22 bits per heavy atom. The van der Waals surface area contributed by atoms with Crippen molar-refractivity contribution in [3.05, 3.63) is 127 Å². The normalized spacial score (nSPS) is 22.2. The second-order valence-corrected chi connectivity index (χ2v) is 27.6. The zero-order valence-corrected chi connectivity index (χ0v) is 44.7. The van der Waals surface area contributed by atoms with E-state index in [1.807, 2.05) is 11.3 Å². The molecule has 0 N–H and O–H groups in total. The summed E-state index contributed by atoms with van der Waals surface area (Å²) in [7, 11) is 0. The van der Waals surface area contributed by atoms with Gasteiger partial charge in [-0.3, -0.25) is 0 Å². The van der Waals surface area contributed by atoms with Gasteiger partial charge in [0.1, 0.15) is 0 Å². The molecule has 3 heteroatoms. The van der Waals surface area contributed by atoms with Crippen LogP contribution in [0.25, 0.3) is 0 Å². The van der Waals surface area contributed by atoms with Crippen LogP contribution in [0.15, 0.2) is 72.1 Å². The Morgan fingerprint density at radius 2 is 0.738 bits per heavy atom. The molecule has 0 fully saturated rings. The summed E-state index contributed by atoms with van der Waals surface area (Å²) in [4.78, 5) is 6.88. The van der Waals surface area contributed by atoms with Gasteiger partial charge in [-0.05, 0) is 207 Å². The number of nitrogens with zero attached hydrogens (tertiary/aromatic N) is 2. The van der Waals surface area contributed by atoms with Gasteiger partial charge >= 0.3 is 0 Å². The van der Waals surface area contributed by atoms with Crippen molar-refractivity contribution in [2.45, 2.75) is 219 Å². The standard InChI is InChI=1S/C62H82N2S/c1-39-31-43(63(41-19-21-45-48(35-41)58(9,10)25-23-55(45,3)4)42-20-22-46-49(36-42)59(11,12)26-24-56(46,5)6)34-44(32-39)64(52-38-65-54-53(52)61(15,16)29-30-62(54,17)18)51-37-50-47(33-40(51)2)57(7,8)27-28-60(50,13)14/h19-22,31-38H,23-30H2,1-18H3. The van der Waals surface area contributed by atoms with Gasteiger partial charge in [0.05, 0.1) is 5.69 Å². The summed E-state index contributed by atoms with van der Waals surface area (Å²) in [5, 5.41) is 2.52. The van der Waals surface area contributed by atoms with Crippen LogP contribution >= 0.6 is 11.3 Å². The molecule has 9 rings (SSSR count). The van der Waals surface area contributed by atoms with Crippen LogP contribution in [0.1, 0.15) is 217 Å². The van der Waals surface area contributed by atoms with E-state index >= 15 is 0 Å². The predicted molar refractivity (Wildman–Crippen MR) is 284 cm³/mol. The minimum atomic E-state index is 0.0495. The Balaban J connectivity index is 1.33. The quantitative estimate of drug-likeness (QED) is 0.168. The fourth-order valence-electron chi connectivity index (χ4n) is 12.8. The van der Waals surface area contributed by atoms with E-state index in [2.05, 4.69) is 207 Å². The van der Waals surface area contributed by atoms with Crippen LogP contribution in [0.4, 0.5) is 34.1 Å². The summed E-state index contributed by atoms with van der Waals surface area (Å²) in [6.45, 7) is 44.2. The first-order valence-corrected chi connectivity index (χ1v) is 26.1. The van der Waals surface area contributed by atoms with Crippen molar-refractivity contribution >= 4 is 45.5 Å². The molecular weight excluding hydrogens is 805 g/mol. The molecule has 4 aromatic carbocycles. The van der Waals surface area contributed by atoms with Gasteiger partial charge in [-0.15, -0.1) is 11.3 Å². The number of hydrogen-bond donors (Lipinski definition) is 0. The monoisotopic (exact) mass is 887 g/mol. The molecule has 0 saturated carbocycles. The van der Waals surface area contributed by atoms with Gasteiger partial charge in [-0.2, -0.15) is 0 Å². The summed E-state index contributed by atoms with van der Waals surface area (Å²) >= 11 is 1.99. The summed E-state index contributed by atoms with van der Waals surface area (Å²) in [6.07, 6.45) is 9.59. The summed E-state index contributed by atoms with van der Waals surface area (Å²) in [5.41, 5.74) is 21.7. The van der Waals surface area contributed by atoms with E-state index in [9.17, 15) is 0 Å². The highest BCUT2D eigenvalue weighted by atomic mass is 32.1. The van der Waals surface area contributed by atoms with Crippen molar-refractivity contribution in [3.8, 4) is 0 Å². The van der Waals surface area contributed by atoms with E-state index in [0.29, 0.717) is 0 Å². The van der Waals surface area contributed by atoms with Gasteiger partial charge in [0, 0.05) is 38.7 Å². The molecular formula is C62H82N2S. The van der Waals surface area contributed by atoms with Crippen LogP contribution in [0.5, 0.6) is 0 Å². The van der Waals surface area contributed by atoms with E-state index in [1.54, 1.807) is 4.88 Å². The van der Waals surface area contributed by atoms with Crippen molar-refractivity contribution in [2.75, 3.05) is 9.80 Å². The highest BCUT2D eigenvalue weighted by molar-refractivity contribution is 7.10. The first kappa shape index (κ1) is 46.3. The largest absolute Gasteiger partial charge is 0.310 e. The molecule has 346 valence electrons. The molecule has 0 bridgehead atoms. The van der Waals surface area contributed by atoms with E-state index in [-0.39, 0.29) is 43.3 Å². The highest BCUT2D eigenvalue weighted by Gasteiger charge is 2.44. The van der Waals surface area contributed by atoms with Crippen molar-refractivity contribution in [3.63, 3.8) is 0 Å². The second kappa shape index (κ2) is 14.8. The maximum atomic E-state index is 2.71. The molecule has 0 atom stereocenters. The SMILES string of the molecule is Cc1cc(N(c2ccc3c(c2)C(C)(C)CCC3(C)C)c2ccc3c(c2)C(C)(C)CCC3(C)C)cc(N(c2cc3c(cc2C)C(C)(C)CCC3(C)C)c2csc3c2C(C)(C)CCC3(C)C)c1. The minimum absolute atomic E-state index is 0.0495. The predicted octanol–water partition coefficient (Wildman–Crippen LogP) is 18.7. The average Bonchev–Trinajstić information content (AvgIpc) is 3.67. The zero-order valence-electron chi connectivity index (χ0n) is 43.9. The van der Waals surface area contributed by atoms with Gasteiger partial charge in [-0.25, -0.2) is 0 Å². The van der Waals surface area contributed by atoms with Crippen molar-refractivity contribution in [2.24, 2.45) is 0 Å². The lowest BCUT2D eigenvalue weighted by Crippen LogP contribution is -2.35. The lowest BCUT2D eigenvalue weighted by molar-refractivity contribution is 0.332. The van der Waals surface area contributed by atoms with Crippen LogP contribution in [0.2, 0.25) is 0 Å². The van der Waals surface area contributed by atoms with Crippen molar-refractivity contribution in [1.82, 2.24) is 0 Å². The second-order valence-electron chi connectivity index (χ2n) is 26.7. The molecule has 0 saturated heterocycles. The Morgan fingerprint density at radius 1 is 0.354 bits per heavy atom. The van der Waals surface area contributed by atoms with Gasteiger partial charge in [-0.1, -0.05) is 129 Å². The first-order valence-electron chi connectivity index (χ1n) is 25.3. The van der Waals surface area contributed by atoms with Crippen LogP contribution in [-0.2, 0) is 43.3 Å². The molecule has 0 amide bonds. The summed E-state index contributed by atoms with van der Waals surface area (Å²) in [5.74, 6) is 0. The lowest BCUT2D eigenvalue weighted by Gasteiger charge is -2.44. The Labute approximate surface area is 399 Å². The molecule has 1 heterocycles.